The molecule has 0 spiro atoms. The zero-order valence-corrected chi connectivity index (χ0v) is 16.4. The number of hydrogen-bond acceptors (Lipinski definition) is 3. The highest BCUT2D eigenvalue weighted by molar-refractivity contribution is 7.85. The molecule has 4 rings (SSSR count). The summed E-state index contributed by atoms with van der Waals surface area (Å²) in [7, 11) is 1.63. The molecule has 2 fully saturated rings. The number of hydrogen-bond donors (Lipinski definition) is 0. The van der Waals surface area contributed by atoms with Gasteiger partial charge in [-0.3, -0.25) is 14.0 Å². The van der Waals surface area contributed by atoms with Gasteiger partial charge in [0.15, 0.2) is 0 Å². The third kappa shape index (κ3) is 4.08. The molecule has 0 aromatic heterocycles. The summed E-state index contributed by atoms with van der Waals surface area (Å²) in [5.41, 5.74) is 5.34. The summed E-state index contributed by atoms with van der Waals surface area (Å²) in [5, 5.41) is 0. The number of benzene rings is 2. The van der Waals surface area contributed by atoms with Crippen molar-refractivity contribution in [2.45, 2.75) is 25.4 Å². The van der Waals surface area contributed by atoms with Gasteiger partial charge in [0.05, 0.1) is 0 Å². The summed E-state index contributed by atoms with van der Waals surface area (Å²) in [5.74, 6) is 1.64. The van der Waals surface area contributed by atoms with E-state index in [2.05, 4.69) is 65.4 Å². The minimum atomic E-state index is -0.598. The third-order valence-corrected chi connectivity index (χ3v) is 7.06. The van der Waals surface area contributed by atoms with Crippen LogP contribution in [0.25, 0.3) is 11.1 Å². The maximum atomic E-state index is 11.5. The minimum absolute atomic E-state index is 0.588. The van der Waals surface area contributed by atoms with Crippen LogP contribution >= 0.6 is 0 Å². The topological polar surface area (TPSA) is 23.6 Å². The van der Waals surface area contributed by atoms with Crippen LogP contribution in [0.2, 0.25) is 0 Å². The van der Waals surface area contributed by atoms with Gasteiger partial charge in [0.25, 0.3) is 0 Å². The van der Waals surface area contributed by atoms with E-state index in [1.54, 1.807) is 0 Å². The SMILES string of the molecule is CN1CCCC1c1ccc(-c2ccc(CN3CCS(=O)CC3)cc2)cc1. The van der Waals surface area contributed by atoms with Gasteiger partial charge >= 0.3 is 0 Å². The molecule has 1 atom stereocenters. The van der Waals surface area contributed by atoms with Crippen molar-refractivity contribution < 1.29 is 4.21 Å². The summed E-state index contributed by atoms with van der Waals surface area (Å²) >= 11 is 0. The molecule has 3 nitrogen and oxygen atoms in total. The molecule has 0 N–H and O–H groups in total. The van der Waals surface area contributed by atoms with Crippen molar-refractivity contribution in [3.8, 4) is 11.1 Å². The van der Waals surface area contributed by atoms with Crippen LogP contribution in [0, 0.1) is 0 Å². The molecule has 138 valence electrons. The van der Waals surface area contributed by atoms with Gasteiger partial charge in [-0.05, 0) is 48.7 Å². The quantitative estimate of drug-likeness (QED) is 0.822. The summed E-state index contributed by atoms with van der Waals surface area (Å²) < 4.78 is 11.5. The van der Waals surface area contributed by atoms with Gasteiger partial charge in [-0.2, -0.15) is 0 Å². The molecule has 4 heteroatoms. The van der Waals surface area contributed by atoms with Crippen molar-refractivity contribution in [3.05, 3.63) is 59.7 Å². The van der Waals surface area contributed by atoms with E-state index < -0.39 is 10.8 Å². The molecule has 0 bridgehead atoms. The van der Waals surface area contributed by atoms with Gasteiger partial charge in [0.1, 0.15) is 0 Å². The van der Waals surface area contributed by atoms with Crippen molar-refractivity contribution in [1.82, 2.24) is 9.80 Å². The maximum absolute atomic E-state index is 11.5. The number of likely N-dealkylation sites (tertiary alicyclic amines) is 1. The van der Waals surface area contributed by atoms with Gasteiger partial charge in [-0.15, -0.1) is 0 Å². The summed E-state index contributed by atoms with van der Waals surface area (Å²) in [4.78, 5) is 4.86. The lowest BCUT2D eigenvalue weighted by atomic mass is 9.99. The van der Waals surface area contributed by atoms with Crippen LogP contribution < -0.4 is 0 Å². The van der Waals surface area contributed by atoms with Crippen LogP contribution in [0.3, 0.4) is 0 Å². The second-order valence-electron chi connectivity index (χ2n) is 7.58. The molecule has 0 radical (unpaired) electrons. The largest absolute Gasteiger partial charge is 0.299 e. The molecule has 1 unspecified atom stereocenters. The molecule has 0 aliphatic carbocycles. The maximum Gasteiger partial charge on any atom is 0.0363 e. The molecule has 0 amide bonds. The lowest BCUT2D eigenvalue weighted by Crippen LogP contribution is -2.37. The molecule has 2 aliphatic heterocycles. The highest BCUT2D eigenvalue weighted by Crippen LogP contribution is 2.31. The van der Waals surface area contributed by atoms with E-state index in [1.165, 1.54) is 41.6 Å². The van der Waals surface area contributed by atoms with E-state index in [-0.39, 0.29) is 0 Å². The Labute approximate surface area is 159 Å². The first-order valence-electron chi connectivity index (χ1n) is 9.66. The second kappa shape index (κ2) is 8.03. The van der Waals surface area contributed by atoms with Gasteiger partial charge in [-0.25, -0.2) is 0 Å². The predicted octanol–water partition coefficient (Wildman–Crippen LogP) is 3.68. The summed E-state index contributed by atoms with van der Waals surface area (Å²) in [6.45, 7) is 4.07. The third-order valence-electron chi connectivity index (χ3n) is 5.78. The Morgan fingerprint density at radius 2 is 1.54 bits per heavy atom. The van der Waals surface area contributed by atoms with Gasteiger partial charge < -0.3 is 0 Å². The van der Waals surface area contributed by atoms with Crippen molar-refractivity contribution in [1.29, 1.82) is 0 Å². The second-order valence-corrected chi connectivity index (χ2v) is 9.28. The molecule has 26 heavy (non-hydrogen) atoms. The van der Waals surface area contributed by atoms with Crippen LogP contribution in [0.4, 0.5) is 0 Å². The molecule has 2 aliphatic rings. The van der Waals surface area contributed by atoms with Crippen molar-refractivity contribution in [3.63, 3.8) is 0 Å². The van der Waals surface area contributed by atoms with Gasteiger partial charge in [0, 0.05) is 48.0 Å². The first-order valence-corrected chi connectivity index (χ1v) is 11.1. The fraction of sp³-hybridized carbons (Fsp3) is 0.455. The van der Waals surface area contributed by atoms with E-state index in [0.29, 0.717) is 6.04 Å². The zero-order chi connectivity index (χ0) is 17.9. The lowest BCUT2D eigenvalue weighted by Gasteiger charge is -2.26. The van der Waals surface area contributed by atoms with Crippen LogP contribution in [-0.2, 0) is 17.3 Å². The van der Waals surface area contributed by atoms with Gasteiger partial charge in [0.2, 0.25) is 0 Å². The van der Waals surface area contributed by atoms with Crippen LogP contribution in [0.15, 0.2) is 48.5 Å². The first-order chi connectivity index (χ1) is 12.7. The molecule has 2 aromatic carbocycles. The van der Waals surface area contributed by atoms with Crippen molar-refractivity contribution in [2.24, 2.45) is 0 Å². The molecular formula is C22H28N2OS. The Morgan fingerprint density at radius 3 is 2.12 bits per heavy atom. The van der Waals surface area contributed by atoms with Gasteiger partial charge in [-0.1, -0.05) is 48.5 Å². The molecular weight excluding hydrogens is 340 g/mol. The van der Waals surface area contributed by atoms with Crippen LogP contribution in [0.1, 0.15) is 30.0 Å². The van der Waals surface area contributed by atoms with Crippen LogP contribution in [0.5, 0.6) is 0 Å². The molecule has 2 heterocycles. The first kappa shape index (κ1) is 17.9. The fourth-order valence-corrected chi connectivity index (χ4v) is 5.25. The smallest absolute Gasteiger partial charge is 0.0363 e. The lowest BCUT2D eigenvalue weighted by molar-refractivity contribution is 0.291. The Kier molecular flexibility index (Phi) is 5.53. The summed E-state index contributed by atoms with van der Waals surface area (Å²) in [6.07, 6.45) is 2.58. The predicted molar refractivity (Wildman–Crippen MR) is 110 cm³/mol. The Morgan fingerprint density at radius 1 is 0.923 bits per heavy atom. The number of rotatable bonds is 4. The van der Waals surface area contributed by atoms with E-state index >= 15 is 0 Å². The molecule has 2 saturated heterocycles. The Hall–Kier alpha value is -1.49. The molecule has 0 saturated carbocycles. The Bertz CT molecular complexity index is 747. The highest BCUT2D eigenvalue weighted by atomic mass is 32.2. The fourth-order valence-electron chi connectivity index (χ4n) is 4.12. The Balaban J connectivity index is 1.41. The normalized spacial score (nSPS) is 22.7. The average molecular weight is 369 g/mol. The zero-order valence-electron chi connectivity index (χ0n) is 15.6. The monoisotopic (exact) mass is 368 g/mol. The van der Waals surface area contributed by atoms with E-state index in [4.69, 9.17) is 0 Å². The van der Waals surface area contributed by atoms with E-state index in [0.717, 1.165) is 31.1 Å². The highest BCUT2D eigenvalue weighted by Gasteiger charge is 2.22. The standard InChI is InChI=1S/C22H28N2OS/c1-23-12-2-3-22(23)21-10-8-20(9-11-21)19-6-4-18(5-7-19)17-24-13-15-26(25)16-14-24/h4-11,22H,2-3,12-17H2,1H3. The molecule has 2 aromatic rings. The van der Waals surface area contributed by atoms with Crippen molar-refractivity contribution >= 4 is 10.8 Å². The minimum Gasteiger partial charge on any atom is -0.299 e. The average Bonchev–Trinajstić information content (AvgIpc) is 3.10. The van der Waals surface area contributed by atoms with Crippen LogP contribution in [-0.4, -0.2) is 52.2 Å². The van der Waals surface area contributed by atoms with E-state index in [1.807, 2.05) is 0 Å². The number of nitrogens with zero attached hydrogens (tertiary/aromatic N) is 2. The van der Waals surface area contributed by atoms with Crippen molar-refractivity contribution in [2.75, 3.05) is 38.2 Å². The van der Waals surface area contributed by atoms with E-state index in [9.17, 15) is 4.21 Å². The summed E-state index contributed by atoms with van der Waals surface area (Å²) in [6, 6.07) is 18.6.